The van der Waals surface area contributed by atoms with Gasteiger partial charge in [-0.1, -0.05) is 12.1 Å². The standard InChI is InChI=1S/C22H23FN2O3/c23-16-6-4-15(5-7-16)13-21(26)24-17-8-9-20-19(14-17)22(27)25-11-2-1-3-18(25)10-12-28-20/h4-9,14,18H,1-3,10-13H2,(H,24,26). The van der Waals surface area contributed by atoms with Crippen LogP contribution in [0.4, 0.5) is 10.1 Å². The number of anilines is 1. The molecule has 1 atom stereocenters. The van der Waals surface area contributed by atoms with E-state index in [0.29, 0.717) is 23.6 Å². The van der Waals surface area contributed by atoms with E-state index in [1.165, 1.54) is 12.1 Å². The Morgan fingerprint density at radius 1 is 1.14 bits per heavy atom. The molecule has 2 aliphatic rings. The van der Waals surface area contributed by atoms with E-state index in [4.69, 9.17) is 4.74 Å². The maximum Gasteiger partial charge on any atom is 0.257 e. The maximum absolute atomic E-state index is 13.1. The molecule has 1 N–H and O–H groups in total. The van der Waals surface area contributed by atoms with Crippen LogP contribution in [0.25, 0.3) is 0 Å². The monoisotopic (exact) mass is 382 g/mol. The first-order chi connectivity index (χ1) is 13.6. The van der Waals surface area contributed by atoms with Gasteiger partial charge in [0.05, 0.1) is 18.6 Å². The molecule has 1 saturated heterocycles. The molecule has 5 nitrogen and oxygen atoms in total. The summed E-state index contributed by atoms with van der Waals surface area (Å²) >= 11 is 0. The molecule has 4 rings (SSSR count). The topological polar surface area (TPSA) is 58.6 Å². The summed E-state index contributed by atoms with van der Waals surface area (Å²) in [6.07, 6.45) is 4.16. The van der Waals surface area contributed by atoms with Gasteiger partial charge in [-0.05, 0) is 55.2 Å². The number of halogens is 1. The Morgan fingerprint density at radius 2 is 1.96 bits per heavy atom. The Kier molecular flexibility index (Phi) is 5.28. The second-order valence-corrected chi connectivity index (χ2v) is 7.35. The Labute approximate surface area is 163 Å². The number of hydrogen-bond acceptors (Lipinski definition) is 3. The number of nitrogens with zero attached hydrogens (tertiary/aromatic N) is 1. The third-order valence-corrected chi connectivity index (χ3v) is 5.37. The summed E-state index contributed by atoms with van der Waals surface area (Å²) in [5.41, 5.74) is 1.77. The number of piperidine rings is 1. The number of benzene rings is 2. The van der Waals surface area contributed by atoms with Crippen LogP contribution >= 0.6 is 0 Å². The van der Waals surface area contributed by atoms with Gasteiger partial charge in [0, 0.05) is 24.7 Å². The number of hydrogen-bond donors (Lipinski definition) is 1. The Hall–Kier alpha value is -2.89. The van der Waals surface area contributed by atoms with Crippen molar-refractivity contribution < 1.29 is 18.7 Å². The second kappa shape index (κ2) is 8.00. The van der Waals surface area contributed by atoms with Crippen LogP contribution in [0.15, 0.2) is 42.5 Å². The van der Waals surface area contributed by atoms with Crippen LogP contribution in [0.5, 0.6) is 5.75 Å². The molecule has 0 spiro atoms. The summed E-state index contributed by atoms with van der Waals surface area (Å²) in [6, 6.07) is 11.2. The molecule has 6 heteroatoms. The van der Waals surface area contributed by atoms with Crippen LogP contribution in [0.3, 0.4) is 0 Å². The molecule has 0 aromatic heterocycles. The highest BCUT2D eigenvalue weighted by molar-refractivity contribution is 6.00. The Bertz CT molecular complexity index is 882. The van der Waals surface area contributed by atoms with Crippen molar-refractivity contribution in [3.05, 3.63) is 59.4 Å². The van der Waals surface area contributed by atoms with Crippen LogP contribution < -0.4 is 10.1 Å². The number of nitrogens with one attached hydrogen (secondary N) is 1. The quantitative estimate of drug-likeness (QED) is 0.879. The van der Waals surface area contributed by atoms with Crippen LogP contribution in [-0.2, 0) is 11.2 Å². The van der Waals surface area contributed by atoms with Crippen molar-refractivity contribution in [2.24, 2.45) is 0 Å². The first kappa shape index (κ1) is 18.5. The Morgan fingerprint density at radius 3 is 2.79 bits per heavy atom. The zero-order valence-corrected chi connectivity index (χ0v) is 15.6. The van der Waals surface area contributed by atoms with Gasteiger partial charge in [-0.3, -0.25) is 9.59 Å². The fourth-order valence-corrected chi connectivity index (χ4v) is 3.92. The lowest BCUT2D eigenvalue weighted by Gasteiger charge is -2.37. The van der Waals surface area contributed by atoms with Crippen LogP contribution in [0.1, 0.15) is 41.6 Å². The molecule has 0 saturated carbocycles. The molecule has 2 heterocycles. The summed E-state index contributed by atoms with van der Waals surface area (Å²) in [7, 11) is 0. The number of fused-ring (bicyclic) bond motifs is 2. The SMILES string of the molecule is O=C(Cc1ccc(F)cc1)Nc1ccc2c(c1)C(=O)N1CCCCC1CCO2. The number of carbonyl (C=O) groups is 2. The lowest BCUT2D eigenvalue weighted by molar-refractivity contribution is -0.115. The minimum Gasteiger partial charge on any atom is -0.493 e. The molecule has 28 heavy (non-hydrogen) atoms. The third kappa shape index (κ3) is 4.01. The highest BCUT2D eigenvalue weighted by Gasteiger charge is 2.31. The molecule has 2 aromatic rings. The van der Waals surface area contributed by atoms with Gasteiger partial charge in [0.1, 0.15) is 11.6 Å². The van der Waals surface area contributed by atoms with Crippen LogP contribution in [0, 0.1) is 5.82 Å². The van der Waals surface area contributed by atoms with Crippen molar-refractivity contribution in [3.8, 4) is 5.75 Å². The van der Waals surface area contributed by atoms with E-state index >= 15 is 0 Å². The van der Waals surface area contributed by atoms with Gasteiger partial charge in [0.25, 0.3) is 5.91 Å². The van der Waals surface area contributed by atoms with Gasteiger partial charge in [-0.2, -0.15) is 0 Å². The zero-order valence-electron chi connectivity index (χ0n) is 15.6. The summed E-state index contributed by atoms with van der Waals surface area (Å²) in [4.78, 5) is 27.4. The van der Waals surface area contributed by atoms with E-state index in [2.05, 4.69) is 5.32 Å². The third-order valence-electron chi connectivity index (χ3n) is 5.37. The second-order valence-electron chi connectivity index (χ2n) is 7.35. The maximum atomic E-state index is 13.1. The first-order valence-electron chi connectivity index (χ1n) is 9.72. The summed E-state index contributed by atoms with van der Waals surface area (Å²) in [5.74, 6) is -0.0263. The van der Waals surface area contributed by atoms with Crippen molar-refractivity contribution >= 4 is 17.5 Å². The molecule has 2 amide bonds. The van der Waals surface area contributed by atoms with Crippen LogP contribution in [0.2, 0.25) is 0 Å². The molecule has 0 radical (unpaired) electrons. The summed E-state index contributed by atoms with van der Waals surface area (Å²) in [6.45, 7) is 1.35. The van der Waals surface area contributed by atoms with Crippen molar-refractivity contribution in [2.45, 2.75) is 38.1 Å². The first-order valence-corrected chi connectivity index (χ1v) is 9.72. The van der Waals surface area contributed by atoms with E-state index in [-0.39, 0.29) is 30.1 Å². The van der Waals surface area contributed by atoms with Gasteiger partial charge in [0.2, 0.25) is 5.91 Å². The normalized spacial score (nSPS) is 19.0. The number of amides is 2. The Balaban J connectivity index is 1.51. The minimum absolute atomic E-state index is 0.0333. The fourth-order valence-electron chi connectivity index (χ4n) is 3.92. The van der Waals surface area contributed by atoms with E-state index in [1.807, 2.05) is 4.90 Å². The largest absolute Gasteiger partial charge is 0.493 e. The molecule has 146 valence electrons. The lowest BCUT2D eigenvalue weighted by Crippen LogP contribution is -2.45. The molecule has 1 unspecified atom stereocenters. The molecule has 2 aliphatic heterocycles. The van der Waals surface area contributed by atoms with Gasteiger partial charge >= 0.3 is 0 Å². The molecular weight excluding hydrogens is 359 g/mol. The average molecular weight is 382 g/mol. The predicted octanol–water partition coefficient (Wildman–Crippen LogP) is 3.78. The average Bonchev–Trinajstić information content (AvgIpc) is 2.69. The van der Waals surface area contributed by atoms with Crippen molar-refractivity contribution in [2.75, 3.05) is 18.5 Å². The number of ether oxygens (including phenoxy) is 1. The molecule has 1 fully saturated rings. The van der Waals surface area contributed by atoms with E-state index < -0.39 is 0 Å². The molecule has 0 aliphatic carbocycles. The molecular formula is C22H23FN2O3. The minimum atomic E-state index is -0.333. The van der Waals surface area contributed by atoms with Crippen molar-refractivity contribution in [1.82, 2.24) is 4.90 Å². The van der Waals surface area contributed by atoms with E-state index in [1.54, 1.807) is 30.3 Å². The van der Waals surface area contributed by atoms with Gasteiger partial charge in [0.15, 0.2) is 0 Å². The van der Waals surface area contributed by atoms with Crippen molar-refractivity contribution in [3.63, 3.8) is 0 Å². The van der Waals surface area contributed by atoms with Gasteiger partial charge in [-0.25, -0.2) is 4.39 Å². The molecule has 0 bridgehead atoms. The van der Waals surface area contributed by atoms with E-state index in [0.717, 1.165) is 37.8 Å². The molecule has 2 aromatic carbocycles. The van der Waals surface area contributed by atoms with Crippen LogP contribution in [-0.4, -0.2) is 35.9 Å². The lowest BCUT2D eigenvalue weighted by atomic mass is 9.97. The number of carbonyl (C=O) groups excluding carboxylic acids is 2. The van der Waals surface area contributed by atoms with E-state index in [9.17, 15) is 14.0 Å². The van der Waals surface area contributed by atoms with Gasteiger partial charge in [-0.15, -0.1) is 0 Å². The van der Waals surface area contributed by atoms with Crippen molar-refractivity contribution in [1.29, 1.82) is 0 Å². The zero-order chi connectivity index (χ0) is 19.5. The highest BCUT2D eigenvalue weighted by Crippen LogP contribution is 2.30. The summed E-state index contributed by atoms with van der Waals surface area (Å²) < 4.78 is 18.8. The highest BCUT2D eigenvalue weighted by atomic mass is 19.1. The van der Waals surface area contributed by atoms with Gasteiger partial charge < -0.3 is 15.0 Å². The number of rotatable bonds is 3. The smallest absolute Gasteiger partial charge is 0.257 e. The fraction of sp³-hybridized carbons (Fsp3) is 0.364. The summed E-state index contributed by atoms with van der Waals surface area (Å²) in [5, 5.41) is 2.82. The predicted molar refractivity (Wildman–Crippen MR) is 104 cm³/mol.